The molecule has 1 saturated heterocycles. The van der Waals surface area contributed by atoms with E-state index in [1.807, 2.05) is 36.4 Å². The van der Waals surface area contributed by atoms with Gasteiger partial charge in [0.15, 0.2) is 0 Å². The van der Waals surface area contributed by atoms with E-state index in [9.17, 15) is 9.59 Å². The molecule has 5 nitrogen and oxygen atoms in total. The van der Waals surface area contributed by atoms with Gasteiger partial charge in [-0.2, -0.15) is 0 Å². The van der Waals surface area contributed by atoms with Crippen molar-refractivity contribution >= 4 is 52.2 Å². The molecule has 0 aromatic heterocycles. The first-order chi connectivity index (χ1) is 17.6. The van der Waals surface area contributed by atoms with Crippen molar-refractivity contribution in [3.63, 3.8) is 0 Å². The molecule has 4 rings (SSSR count). The maximum atomic E-state index is 12.9. The number of rotatable bonds is 8. The van der Waals surface area contributed by atoms with E-state index in [2.05, 4.69) is 32.9 Å². The highest BCUT2D eigenvalue weighted by atomic mass is 35.5. The number of carbonyl (C=O) groups excluding carboxylic acids is 2. The molecule has 0 atom stereocenters. The van der Waals surface area contributed by atoms with Crippen molar-refractivity contribution in [1.82, 2.24) is 4.90 Å². The minimum absolute atomic E-state index is 0.0165. The number of thioether (sulfide) groups is 1. The third-order valence-electron chi connectivity index (χ3n) is 5.75. The predicted octanol–water partition coefficient (Wildman–Crippen LogP) is 7.99. The highest BCUT2D eigenvalue weighted by molar-refractivity contribution is 8.18. The molecule has 3 aromatic carbocycles. The molecule has 0 radical (unpaired) electrons. The average molecular weight is 557 g/mol. The first-order valence-corrected chi connectivity index (χ1v) is 13.3. The van der Waals surface area contributed by atoms with Crippen LogP contribution in [0.3, 0.4) is 0 Å². The number of imide groups is 1. The number of nitrogens with zero attached hydrogens (tertiary/aromatic N) is 1. The first kappa shape index (κ1) is 27.1. The highest BCUT2D eigenvalue weighted by Crippen LogP contribution is 2.36. The summed E-state index contributed by atoms with van der Waals surface area (Å²) >= 11 is 13.3. The molecule has 0 saturated carbocycles. The van der Waals surface area contributed by atoms with Crippen LogP contribution in [0, 0.1) is 0 Å². The minimum atomic E-state index is -0.386. The largest absolute Gasteiger partial charge is 0.490 e. The maximum Gasteiger partial charge on any atom is 0.293 e. The Kier molecular flexibility index (Phi) is 8.53. The quantitative estimate of drug-likeness (QED) is 0.208. The van der Waals surface area contributed by atoms with E-state index in [0.717, 1.165) is 28.0 Å². The van der Waals surface area contributed by atoms with Crippen LogP contribution in [0.4, 0.5) is 4.79 Å². The van der Waals surface area contributed by atoms with Crippen LogP contribution < -0.4 is 9.47 Å². The molecular weight excluding hydrogens is 529 g/mol. The molecule has 1 fully saturated rings. The Morgan fingerprint density at radius 1 is 0.865 bits per heavy atom. The topological polar surface area (TPSA) is 55.8 Å². The molecule has 0 spiro atoms. The van der Waals surface area contributed by atoms with Crippen molar-refractivity contribution in [1.29, 1.82) is 0 Å². The predicted molar refractivity (Wildman–Crippen MR) is 151 cm³/mol. The number of amides is 2. The second-order valence-electron chi connectivity index (χ2n) is 9.51. The zero-order valence-corrected chi connectivity index (χ0v) is 23.1. The van der Waals surface area contributed by atoms with Crippen LogP contribution in [0.2, 0.25) is 10.0 Å². The zero-order valence-electron chi connectivity index (χ0n) is 20.8. The number of benzene rings is 3. The normalized spacial score (nSPS) is 14.9. The monoisotopic (exact) mass is 555 g/mol. The molecule has 2 amide bonds. The molecular formula is C29H27Cl2NO4S. The van der Waals surface area contributed by atoms with Gasteiger partial charge in [-0.15, -0.1) is 0 Å². The Hall–Kier alpha value is -2.93. The molecule has 0 aliphatic carbocycles. The summed E-state index contributed by atoms with van der Waals surface area (Å²) in [4.78, 5) is 27.0. The fourth-order valence-corrected chi connectivity index (χ4v) is 5.05. The molecule has 1 aliphatic heterocycles. The lowest BCUT2D eigenvalue weighted by Crippen LogP contribution is -2.27. The Balaban J connectivity index is 1.34. The first-order valence-electron chi connectivity index (χ1n) is 11.8. The summed E-state index contributed by atoms with van der Waals surface area (Å²) in [5.41, 5.74) is 2.63. The van der Waals surface area contributed by atoms with Crippen LogP contribution in [0.25, 0.3) is 6.08 Å². The van der Waals surface area contributed by atoms with Gasteiger partial charge in [-0.3, -0.25) is 14.5 Å². The van der Waals surface area contributed by atoms with Gasteiger partial charge in [0.25, 0.3) is 11.1 Å². The number of hydrogen-bond acceptors (Lipinski definition) is 5. The van der Waals surface area contributed by atoms with Crippen LogP contribution in [0.1, 0.15) is 37.5 Å². The van der Waals surface area contributed by atoms with Gasteiger partial charge in [0.05, 0.1) is 11.4 Å². The van der Waals surface area contributed by atoms with E-state index >= 15 is 0 Å². The van der Waals surface area contributed by atoms with Gasteiger partial charge in [-0.25, -0.2) is 0 Å². The summed E-state index contributed by atoms with van der Waals surface area (Å²) in [6.45, 7) is 7.29. The van der Waals surface area contributed by atoms with Gasteiger partial charge in [-0.05, 0) is 70.8 Å². The third-order valence-corrected chi connectivity index (χ3v) is 7.36. The molecule has 192 valence electrons. The number of ether oxygens (including phenoxy) is 2. The Morgan fingerprint density at radius 2 is 1.49 bits per heavy atom. The fraction of sp³-hybridized carbons (Fsp3) is 0.241. The summed E-state index contributed by atoms with van der Waals surface area (Å²) in [6.07, 6.45) is 1.68. The van der Waals surface area contributed by atoms with Crippen molar-refractivity contribution in [2.24, 2.45) is 0 Å². The highest BCUT2D eigenvalue weighted by Gasteiger charge is 2.35. The Labute approximate surface area is 231 Å². The zero-order chi connectivity index (χ0) is 26.6. The van der Waals surface area contributed by atoms with Gasteiger partial charge < -0.3 is 9.47 Å². The molecule has 1 aliphatic rings. The van der Waals surface area contributed by atoms with E-state index < -0.39 is 0 Å². The maximum absolute atomic E-state index is 12.9. The second-order valence-corrected chi connectivity index (χ2v) is 11.3. The standard InChI is InChI=1S/C29H27Cl2NO4S/c1-29(2,3)20-10-12-21(13-11-20)35-14-15-36-22-7-4-6-19(16-22)17-26-27(33)32(28(34)37-26)18-23-24(30)8-5-9-25(23)31/h4-13,16-17H,14-15,18H2,1-3H3/b26-17-. The van der Waals surface area contributed by atoms with Crippen LogP contribution >= 0.6 is 35.0 Å². The lowest BCUT2D eigenvalue weighted by atomic mass is 9.87. The van der Waals surface area contributed by atoms with Gasteiger partial charge in [-0.1, -0.05) is 74.3 Å². The van der Waals surface area contributed by atoms with E-state index in [1.165, 1.54) is 5.56 Å². The number of hydrogen-bond donors (Lipinski definition) is 0. The average Bonchev–Trinajstić information content (AvgIpc) is 3.11. The summed E-state index contributed by atoms with van der Waals surface area (Å²) in [6, 6.07) is 20.5. The third kappa shape index (κ3) is 6.89. The Morgan fingerprint density at radius 3 is 2.14 bits per heavy atom. The van der Waals surface area contributed by atoms with Gasteiger partial charge in [0, 0.05) is 15.6 Å². The lowest BCUT2D eigenvalue weighted by molar-refractivity contribution is -0.123. The molecule has 3 aromatic rings. The SMILES string of the molecule is CC(C)(C)c1ccc(OCCOc2cccc(/C=C3\SC(=O)N(Cc4c(Cl)cccc4Cl)C3=O)c2)cc1. The molecule has 8 heteroatoms. The molecule has 0 unspecified atom stereocenters. The van der Waals surface area contributed by atoms with Crippen LogP contribution in [-0.2, 0) is 16.8 Å². The van der Waals surface area contributed by atoms with Crippen molar-refractivity contribution in [2.75, 3.05) is 13.2 Å². The molecule has 0 N–H and O–H groups in total. The van der Waals surface area contributed by atoms with E-state index in [4.69, 9.17) is 32.7 Å². The number of halogens is 2. The summed E-state index contributed by atoms with van der Waals surface area (Å²) < 4.78 is 11.6. The molecule has 37 heavy (non-hydrogen) atoms. The summed E-state index contributed by atoms with van der Waals surface area (Å²) in [5, 5.41) is 0.449. The lowest BCUT2D eigenvalue weighted by Gasteiger charge is -2.19. The van der Waals surface area contributed by atoms with Crippen molar-refractivity contribution in [3.8, 4) is 11.5 Å². The van der Waals surface area contributed by atoms with Gasteiger partial charge in [0.1, 0.15) is 24.7 Å². The second kappa shape index (κ2) is 11.6. The van der Waals surface area contributed by atoms with Gasteiger partial charge in [0.2, 0.25) is 0 Å². The van der Waals surface area contributed by atoms with E-state index in [-0.39, 0.29) is 23.1 Å². The van der Waals surface area contributed by atoms with Crippen molar-refractivity contribution < 1.29 is 19.1 Å². The number of carbonyl (C=O) groups is 2. The summed E-state index contributed by atoms with van der Waals surface area (Å²) in [5.74, 6) is 1.05. The van der Waals surface area contributed by atoms with Crippen molar-refractivity contribution in [2.45, 2.75) is 32.7 Å². The molecule has 0 bridgehead atoms. The molecule has 1 heterocycles. The minimum Gasteiger partial charge on any atom is -0.490 e. The van der Waals surface area contributed by atoms with Crippen LogP contribution in [0.5, 0.6) is 11.5 Å². The van der Waals surface area contributed by atoms with E-state index in [1.54, 1.807) is 24.3 Å². The van der Waals surface area contributed by atoms with Crippen LogP contribution in [-0.4, -0.2) is 29.3 Å². The summed E-state index contributed by atoms with van der Waals surface area (Å²) in [7, 11) is 0. The van der Waals surface area contributed by atoms with Gasteiger partial charge >= 0.3 is 0 Å². The van der Waals surface area contributed by atoms with E-state index in [0.29, 0.717) is 39.5 Å². The van der Waals surface area contributed by atoms with Crippen LogP contribution in [0.15, 0.2) is 71.6 Å². The Bertz CT molecular complexity index is 1310. The smallest absolute Gasteiger partial charge is 0.293 e. The fourth-order valence-electron chi connectivity index (χ4n) is 3.69. The van der Waals surface area contributed by atoms with Crippen molar-refractivity contribution in [3.05, 3.63) is 98.4 Å².